The summed E-state index contributed by atoms with van der Waals surface area (Å²) in [6, 6.07) is 7.18. The van der Waals surface area contributed by atoms with Crippen molar-refractivity contribution in [3.8, 4) is 0 Å². The van der Waals surface area contributed by atoms with Gasteiger partial charge in [-0.3, -0.25) is 19.0 Å². The number of amides is 2. The lowest BCUT2D eigenvalue weighted by Crippen LogP contribution is -2.70. The van der Waals surface area contributed by atoms with E-state index in [-0.39, 0.29) is 34.7 Å². The normalized spacial score (nSPS) is 20.8. The largest absolute Gasteiger partial charge is 0.477 e. The molecule has 1 fully saturated rings. The molecule has 0 radical (unpaired) electrons. The number of aromatic nitrogens is 4. The number of carbonyl (C=O) groups is 3. The van der Waals surface area contributed by atoms with E-state index in [0.29, 0.717) is 11.1 Å². The van der Waals surface area contributed by atoms with E-state index in [4.69, 9.17) is 0 Å². The molecule has 2 unspecified atom stereocenters. The molecule has 210 valence electrons. The third kappa shape index (κ3) is 6.11. The first-order valence-electron chi connectivity index (χ1n) is 11.7. The van der Waals surface area contributed by atoms with Crippen LogP contribution in [0.3, 0.4) is 0 Å². The average Bonchev–Trinajstić information content (AvgIpc) is 3.35. The predicted molar refractivity (Wildman–Crippen MR) is 140 cm³/mol. The summed E-state index contributed by atoms with van der Waals surface area (Å²) in [5.41, 5.74) is 0.489. The van der Waals surface area contributed by atoms with E-state index >= 15 is 0 Å². The van der Waals surface area contributed by atoms with Crippen molar-refractivity contribution in [1.29, 1.82) is 0 Å². The van der Waals surface area contributed by atoms with Crippen LogP contribution < -0.4 is 5.32 Å². The second kappa shape index (κ2) is 11.6. The number of aliphatic hydroxyl groups excluding tert-OH is 1. The van der Waals surface area contributed by atoms with Crippen LogP contribution in [0.5, 0.6) is 0 Å². The molecule has 1 aromatic heterocycles. The Hall–Kier alpha value is -2.99. The number of carboxylic acids is 1. The molecule has 39 heavy (non-hydrogen) atoms. The van der Waals surface area contributed by atoms with Crippen LogP contribution in [0.15, 0.2) is 46.8 Å². The van der Waals surface area contributed by atoms with Gasteiger partial charge < -0.3 is 15.5 Å². The SMILES string of the molecule is CC(C)CC(n1nnnc1SCC1=C(C(=O)O)N2C(=O)C(NC(=O)[C@H](O)c3ccccc3)[C@H]2SC1)S(=O)(=O)O. The van der Waals surface area contributed by atoms with Gasteiger partial charge >= 0.3 is 5.97 Å². The number of nitrogens with zero attached hydrogens (tertiary/aromatic N) is 5. The number of carbonyl (C=O) groups excluding carboxylic acids is 2. The third-order valence-corrected chi connectivity index (χ3v) is 9.48. The molecule has 2 amide bonds. The Labute approximate surface area is 232 Å². The molecule has 17 heteroatoms. The first-order chi connectivity index (χ1) is 18.4. The van der Waals surface area contributed by atoms with Gasteiger partial charge in [0.1, 0.15) is 17.1 Å². The molecule has 14 nitrogen and oxygen atoms in total. The summed E-state index contributed by atoms with van der Waals surface area (Å²) in [7, 11) is -4.54. The highest BCUT2D eigenvalue weighted by atomic mass is 32.2. The molecular formula is C22H26N6O8S3. The number of aliphatic carboxylic acids is 1. The number of fused-ring (bicyclic) bond motifs is 1. The first kappa shape index (κ1) is 29.0. The first-order valence-corrected chi connectivity index (χ1v) is 15.2. The zero-order valence-corrected chi connectivity index (χ0v) is 23.2. The van der Waals surface area contributed by atoms with Gasteiger partial charge in [0.2, 0.25) is 5.16 Å². The smallest absolute Gasteiger partial charge is 0.352 e. The summed E-state index contributed by atoms with van der Waals surface area (Å²) < 4.78 is 34.6. The topological polar surface area (TPSA) is 205 Å². The molecule has 0 spiro atoms. The highest BCUT2D eigenvalue weighted by Crippen LogP contribution is 2.42. The number of tetrazole rings is 1. The van der Waals surface area contributed by atoms with Crippen molar-refractivity contribution >= 4 is 51.4 Å². The molecule has 4 rings (SSSR count). The fraction of sp³-hybridized carbons (Fsp3) is 0.455. The molecule has 0 saturated carbocycles. The van der Waals surface area contributed by atoms with Gasteiger partial charge in [-0.1, -0.05) is 55.9 Å². The molecule has 1 aromatic carbocycles. The van der Waals surface area contributed by atoms with Gasteiger partial charge in [-0.05, 0) is 33.9 Å². The summed E-state index contributed by atoms with van der Waals surface area (Å²) in [5.74, 6) is -2.63. The molecule has 1 saturated heterocycles. The van der Waals surface area contributed by atoms with Crippen LogP contribution in [0.4, 0.5) is 0 Å². The van der Waals surface area contributed by atoms with E-state index in [1.54, 1.807) is 44.2 Å². The number of hydrogen-bond donors (Lipinski definition) is 4. The number of β-lactam (4-membered cyclic amide) rings is 1. The number of rotatable bonds is 11. The lowest BCUT2D eigenvalue weighted by Gasteiger charge is -2.49. The Morgan fingerprint density at radius 1 is 1.26 bits per heavy atom. The van der Waals surface area contributed by atoms with Gasteiger partial charge in [0.15, 0.2) is 11.5 Å². The average molecular weight is 599 g/mol. The maximum atomic E-state index is 12.9. The summed E-state index contributed by atoms with van der Waals surface area (Å²) in [6.45, 7) is 3.55. The minimum absolute atomic E-state index is 0.0229. The van der Waals surface area contributed by atoms with Crippen LogP contribution in [0.1, 0.15) is 37.3 Å². The molecular weight excluding hydrogens is 572 g/mol. The summed E-state index contributed by atoms with van der Waals surface area (Å²) in [4.78, 5) is 38.7. The highest BCUT2D eigenvalue weighted by Gasteiger charge is 2.54. The Morgan fingerprint density at radius 3 is 2.56 bits per heavy atom. The van der Waals surface area contributed by atoms with Crippen LogP contribution in [0.2, 0.25) is 0 Å². The van der Waals surface area contributed by atoms with Crippen LogP contribution in [-0.4, -0.2) is 89.0 Å². The van der Waals surface area contributed by atoms with E-state index in [9.17, 15) is 37.6 Å². The summed E-state index contributed by atoms with van der Waals surface area (Å²) >= 11 is 2.21. The van der Waals surface area contributed by atoms with Crippen molar-refractivity contribution in [1.82, 2.24) is 30.4 Å². The Kier molecular flexibility index (Phi) is 8.65. The maximum absolute atomic E-state index is 12.9. The van der Waals surface area contributed by atoms with E-state index in [1.165, 1.54) is 11.8 Å². The second-order valence-corrected chi connectivity index (χ2v) is 12.9. The van der Waals surface area contributed by atoms with E-state index < -0.39 is 50.8 Å². The molecule has 4 atom stereocenters. The predicted octanol–water partition coefficient (Wildman–Crippen LogP) is 0.670. The monoisotopic (exact) mass is 598 g/mol. The minimum Gasteiger partial charge on any atom is -0.477 e. The fourth-order valence-electron chi connectivity index (χ4n) is 4.18. The zero-order valence-electron chi connectivity index (χ0n) is 20.7. The van der Waals surface area contributed by atoms with Crippen molar-refractivity contribution < 1.29 is 37.6 Å². The number of aliphatic hydroxyl groups is 1. The molecule has 0 bridgehead atoms. The number of benzene rings is 1. The zero-order chi connectivity index (χ0) is 28.5. The van der Waals surface area contributed by atoms with E-state index in [0.717, 1.165) is 21.3 Å². The Bertz CT molecular complexity index is 1400. The van der Waals surface area contributed by atoms with E-state index in [2.05, 4.69) is 20.8 Å². The van der Waals surface area contributed by atoms with Crippen molar-refractivity contribution in [2.75, 3.05) is 11.5 Å². The maximum Gasteiger partial charge on any atom is 0.352 e. The number of hydrogen-bond acceptors (Lipinski definition) is 11. The van der Waals surface area contributed by atoms with Crippen LogP contribution in [-0.2, 0) is 24.5 Å². The lowest BCUT2D eigenvalue weighted by atomic mass is 10.0. The van der Waals surface area contributed by atoms with Gasteiger partial charge in [0.05, 0.1) is 0 Å². The number of thioether (sulfide) groups is 2. The van der Waals surface area contributed by atoms with Crippen molar-refractivity contribution in [2.45, 2.75) is 48.3 Å². The lowest BCUT2D eigenvalue weighted by molar-refractivity contribution is -0.151. The number of nitrogens with one attached hydrogen (secondary N) is 1. The van der Waals surface area contributed by atoms with Gasteiger partial charge in [-0.2, -0.15) is 13.1 Å². The van der Waals surface area contributed by atoms with Crippen molar-refractivity contribution in [3.05, 3.63) is 47.2 Å². The molecule has 4 N–H and O–H groups in total. The minimum atomic E-state index is -4.54. The van der Waals surface area contributed by atoms with Crippen LogP contribution in [0, 0.1) is 5.92 Å². The standard InChI is InChI=1S/C22H26N6O8S3/c1-11(2)8-14(39(34,35)36)28-22(24-25-26-28)38-10-13-9-37-20-15(19(31)27(20)16(13)21(32)33)23-18(30)17(29)12-6-4-3-5-7-12/h3-7,11,14-15,17,20,29H,8-10H2,1-2H3,(H,23,30)(H,32,33)(H,34,35,36)/t14?,15?,17-,20-/m1/s1. The van der Waals surface area contributed by atoms with Gasteiger partial charge in [-0.15, -0.1) is 16.9 Å². The molecule has 2 aliphatic heterocycles. The van der Waals surface area contributed by atoms with Crippen LogP contribution >= 0.6 is 23.5 Å². The summed E-state index contributed by atoms with van der Waals surface area (Å²) in [6.07, 6.45) is -1.44. The summed E-state index contributed by atoms with van der Waals surface area (Å²) in [5, 5.41) is 31.7. The van der Waals surface area contributed by atoms with Gasteiger partial charge in [0, 0.05) is 11.5 Å². The van der Waals surface area contributed by atoms with Crippen LogP contribution in [0.25, 0.3) is 0 Å². The quantitative estimate of drug-likeness (QED) is 0.160. The Balaban J connectivity index is 1.49. The van der Waals surface area contributed by atoms with E-state index in [1.807, 2.05) is 0 Å². The van der Waals surface area contributed by atoms with Crippen molar-refractivity contribution in [2.24, 2.45) is 5.92 Å². The third-order valence-electron chi connectivity index (χ3n) is 6.04. The fourth-order valence-corrected chi connectivity index (χ4v) is 7.67. The molecule has 2 aromatic rings. The highest BCUT2D eigenvalue weighted by molar-refractivity contribution is 8.01. The molecule has 3 heterocycles. The van der Waals surface area contributed by atoms with Gasteiger partial charge in [0.25, 0.3) is 21.9 Å². The second-order valence-electron chi connectivity index (χ2n) is 9.26. The Morgan fingerprint density at radius 2 is 1.95 bits per heavy atom. The van der Waals surface area contributed by atoms with Gasteiger partial charge in [-0.25, -0.2) is 4.79 Å². The number of carboxylic acid groups (broad SMARTS) is 1. The molecule has 2 aliphatic rings. The van der Waals surface area contributed by atoms with Crippen molar-refractivity contribution in [3.63, 3.8) is 0 Å². The molecule has 0 aliphatic carbocycles.